The highest BCUT2D eigenvalue weighted by Crippen LogP contribution is 2.23. The minimum Gasteiger partial charge on any atom is -0.434 e. The summed E-state index contributed by atoms with van der Waals surface area (Å²) in [5, 5.41) is 6.42. The molecule has 0 fully saturated rings. The van der Waals surface area contributed by atoms with Crippen molar-refractivity contribution in [1.82, 2.24) is 15.6 Å². The van der Waals surface area contributed by atoms with Crippen molar-refractivity contribution in [2.45, 2.75) is 33.5 Å². The lowest BCUT2D eigenvalue weighted by molar-refractivity contribution is -0.0504. The van der Waals surface area contributed by atoms with Crippen molar-refractivity contribution in [3.05, 3.63) is 53.2 Å². The van der Waals surface area contributed by atoms with E-state index in [0.717, 1.165) is 16.9 Å². The van der Waals surface area contributed by atoms with Crippen LogP contribution in [0.5, 0.6) is 5.75 Å². The zero-order valence-electron chi connectivity index (χ0n) is 16.7. The van der Waals surface area contributed by atoms with Crippen LogP contribution >= 0.6 is 0 Å². The van der Waals surface area contributed by atoms with Gasteiger partial charge in [-0.05, 0) is 26.0 Å². The molecule has 0 radical (unpaired) electrons. The number of ether oxygens (including phenoxy) is 1. The summed E-state index contributed by atoms with van der Waals surface area (Å²) in [6.45, 7) is 2.41. The number of rotatable bonds is 8. The summed E-state index contributed by atoms with van der Waals surface area (Å²) in [5.41, 5.74) is 2.58. The first-order valence-electron chi connectivity index (χ1n) is 9.08. The molecule has 28 heavy (non-hydrogen) atoms. The van der Waals surface area contributed by atoms with Crippen molar-refractivity contribution in [2.75, 3.05) is 25.5 Å². The smallest absolute Gasteiger partial charge is 0.387 e. The molecule has 0 spiro atoms. The van der Waals surface area contributed by atoms with Gasteiger partial charge in [0.2, 0.25) is 0 Å². The van der Waals surface area contributed by atoms with Crippen LogP contribution in [-0.2, 0) is 13.1 Å². The lowest BCUT2D eigenvalue weighted by atomic mass is 10.1. The van der Waals surface area contributed by atoms with Crippen LogP contribution < -0.4 is 20.3 Å². The lowest BCUT2D eigenvalue weighted by Gasteiger charge is -2.17. The second kappa shape index (κ2) is 10.4. The van der Waals surface area contributed by atoms with Gasteiger partial charge in [0.25, 0.3) is 0 Å². The van der Waals surface area contributed by atoms with Crippen molar-refractivity contribution in [2.24, 2.45) is 4.99 Å². The van der Waals surface area contributed by atoms with E-state index in [1.54, 1.807) is 24.4 Å². The number of guanidine groups is 1. The third-order valence-electron chi connectivity index (χ3n) is 3.92. The molecule has 0 bridgehead atoms. The molecule has 0 unspecified atom stereocenters. The molecule has 6 nitrogen and oxygen atoms in total. The molecule has 0 saturated heterocycles. The van der Waals surface area contributed by atoms with Crippen LogP contribution in [0, 0.1) is 6.92 Å². The number of hydrogen-bond donors (Lipinski definition) is 2. The quantitative estimate of drug-likeness (QED) is 0.534. The highest BCUT2D eigenvalue weighted by Gasteiger charge is 2.11. The summed E-state index contributed by atoms with van der Waals surface area (Å²) in [7, 11) is 3.88. The summed E-state index contributed by atoms with van der Waals surface area (Å²) in [4.78, 5) is 10.8. The van der Waals surface area contributed by atoms with Gasteiger partial charge in [0.1, 0.15) is 11.6 Å². The summed E-state index contributed by atoms with van der Waals surface area (Å²) in [5.74, 6) is 1.60. The number of nitrogens with zero attached hydrogens (tertiary/aromatic N) is 3. The van der Waals surface area contributed by atoms with Gasteiger partial charge in [0.15, 0.2) is 5.96 Å². The topological polar surface area (TPSA) is 61.8 Å². The average Bonchev–Trinajstić information content (AvgIpc) is 2.65. The molecule has 0 aliphatic rings. The molecule has 1 aromatic carbocycles. The zero-order valence-corrected chi connectivity index (χ0v) is 16.7. The van der Waals surface area contributed by atoms with Crippen molar-refractivity contribution < 1.29 is 13.5 Å². The zero-order chi connectivity index (χ0) is 20.5. The first kappa shape index (κ1) is 21.4. The first-order chi connectivity index (χ1) is 13.4. The average molecular weight is 391 g/mol. The SMILES string of the molecule is CCNC(=NCc1cc(C)ccc1OC(F)F)NCc1cccnc1N(C)C. The van der Waals surface area contributed by atoms with Crippen molar-refractivity contribution in [3.8, 4) is 5.75 Å². The van der Waals surface area contributed by atoms with E-state index in [-0.39, 0.29) is 12.3 Å². The van der Waals surface area contributed by atoms with Gasteiger partial charge in [-0.3, -0.25) is 0 Å². The predicted molar refractivity (Wildman–Crippen MR) is 108 cm³/mol. The maximum absolute atomic E-state index is 12.6. The van der Waals surface area contributed by atoms with Gasteiger partial charge < -0.3 is 20.3 Å². The van der Waals surface area contributed by atoms with Crippen molar-refractivity contribution in [1.29, 1.82) is 0 Å². The number of aliphatic imine (C=N–C) groups is 1. The molecular formula is C20H27F2N5O. The fourth-order valence-corrected chi connectivity index (χ4v) is 2.70. The van der Waals surface area contributed by atoms with E-state index in [1.165, 1.54) is 0 Å². The van der Waals surface area contributed by atoms with Crippen LogP contribution in [0.1, 0.15) is 23.6 Å². The molecule has 152 valence electrons. The Morgan fingerprint density at radius 1 is 1.21 bits per heavy atom. The molecule has 0 saturated carbocycles. The summed E-state index contributed by atoms with van der Waals surface area (Å²) >= 11 is 0. The number of aryl methyl sites for hydroxylation is 1. The Bertz CT molecular complexity index is 796. The molecule has 8 heteroatoms. The van der Waals surface area contributed by atoms with E-state index in [1.807, 2.05) is 45.0 Å². The maximum atomic E-state index is 12.6. The normalized spacial score (nSPS) is 11.5. The standard InChI is InChI=1S/C20H27F2N5O/c1-5-23-20(25-12-15-7-6-10-24-18(15)27(3)4)26-13-16-11-14(2)8-9-17(16)28-19(21)22/h6-11,19H,5,12-13H2,1-4H3,(H2,23,25,26). The molecular weight excluding hydrogens is 364 g/mol. The Hall–Kier alpha value is -2.90. The highest BCUT2D eigenvalue weighted by molar-refractivity contribution is 5.80. The largest absolute Gasteiger partial charge is 0.434 e. The van der Waals surface area contributed by atoms with Crippen LogP contribution in [0.2, 0.25) is 0 Å². The first-order valence-corrected chi connectivity index (χ1v) is 9.08. The molecule has 2 aromatic rings. The number of halogens is 2. The monoisotopic (exact) mass is 391 g/mol. The minimum absolute atomic E-state index is 0.141. The third kappa shape index (κ3) is 6.37. The van der Waals surface area contributed by atoms with Gasteiger partial charge in [0.05, 0.1) is 6.54 Å². The second-order valence-electron chi connectivity index (χ2n) is 6.42. The summed E-state index contributed by atoms with van der Waals surface area (Å²) < 4.78 is 29.9. The van der Waals surface area contributed by atoms with Gasteiger partial charge >= 0.3 is 6.61 Å². The van der Waals surface area contributed by atoms with Crippen LogP contribution in [0.4, 0.5) is 14.6 Å². The number of anilines is 1. The number of aromatic nitrogens is 1. The van der Waals surface area contributed by atoms with E-state index >= 15 is 0 Å². The van der Waals surface area contributed by atoms with E-state index in [0.29, 0.717) is 24.6 Å². The number of benzene rings is 1. The number of hydrogen-bond acceptors (Lipinski definition) is 4. The molecule has 1 heterocycles. The fourth-order valence-electron chi connectivity index (χ4n) is 2.70. The molecule has 1 aromatic heterocycles. The number of nitrogens with one attached hydrogen (secondary N) is 2. The van der Waals surface area contributed by atoms with Crippen LogP contribution in [0.15, 0.2) is 41.5 Å². The molecule has 0 aliphatic carbocycles. The maximum Gasteiger partial charge on any atom is 0.387 e. The fraction of sp³-hybridized carbons (Fsp3) is 0.400. The second-order valence-corrected chi connectivity index (χ2v) is 6.42. The Labute approximate surface area is 164 Å². The van der Waals surface area contributed by atoms with Crippen molar-refractivity contribution in [3.63, 3.8) is 0 Å². The minimum atomic E-state index is -2.87. The number of pyridine rings is 1. The summed E-state index contributed by atoms with van der Waals surface area (Å²) in [6, 6.07) is 8.96. The molecule has 2 rings (SSSR count). The molecule has 0 atom stereocenters. The molecule has 0 amide bonds. The Morgan fingerprint density at radius 2 is 2.00 bits per heavy atom. The Morgan fingerprint density at radius 3 is 2.68 bits per heavy atom. The third-order valence-corrected chi connectivity index (χ3v) is 3.92. The van der Waals surface area contributed by atoms with E-state index < -0.39 is 6.61 Å². The lowest BCUT2D eigenvalue weighted by Crippen LogP contribution is -2.37. The molecule has 2 N–H and O–H groups in total. The van der Waals surface area contributed by atoms with Gasteiger partial charge in [0, 0.05) is 44.5 Å². The van der Waals surface area contributed by atoms with E-state index in [4.69, 9.17) is 0 Å². The van der Waals surface area contributed by atoms with Gasteiger partial charge in [-0.1, -0.05) is 23.8 Å². The van der Waals surface area contributed by atoms with Gasteiger partial charge in [-0.2, -0.15) is 8.78 Å². The predicted octanol–water partition coefficient (Wildman–Crippen LogP) is 3.31. The van der Waals surface area contributed by atoms with Crippen LogP contribution in [0.3, 0.4) is 0 Å². The van der Waals surface area contributed by atoms with Crippen LogP contribution in [0.25, 0.3) is 0 Å². The van der Waals surface area contributed by atoms with Gasteiger partial charge in [-0.15, -0.1) is 0 Å². The molecule has 0 aliphatic heterocycles. The Balaban J connectivity index is 2.14. The van der Waals surface area contributed by atoms with E-state index in [9.17, 15) is 8.78 Å². The highest BCUT2D eigenvalue weighted by atomic mass is 19.3. The van der Waals surface area contributed by atoms with Crippen molar-refractivity contribution >= 4 is 11.8 Å². The Kier molecular flexibility index (Phi) is 7.98. The van der Waals surface area contributed by atoms with Crippen LogP contribution in [-0.4, -0.2) is 38.2 Å². The number of alkyl halides is 2. The summed E-state index contributed by atoms with van der Waals surface area (Å²) in [6.07, 6.45) is 1.75. The van der Waals surface area contributed by atoms with Gasteiger partial charge in [-0.25, -0.2) is 9.98 Å². The van der Waals surface area contributed by atoms with E-state index in [2.05, 4.69) is 25.3 Å².